The zero-order chi connectivity index (χ0) is 13.0. The van der Waals surface area contributed by atoms with Crippen molar-refractivity contribution in [2.75, 3.05) is 26.2 Å². The summed E-state index contributed by atoms with van der Waals surface area (Å²) in [6.45, 7) is 10.5. The second-order valence-corrected chi connectivity index (χ2v) is 5.52. The van der Waals surface area contributed by atoms with E-state index in [1.54, 1.807) is 15.9 Å². The van der Waals surface area contributed by atoms with Crippen LogP contribution in [0.15, 0.2) is 24.3 Å². The molecular weight excluding hydrogens is 227 g/mol. The molecule has 1 aromatic rings. The van der Waals surface area contributed by atoms with Gasteiger partial charge in [-0.2, -0.15) is 0 Å². The number of hydrogen-bond donors (Lipinski definition) is 2. The fraction of sp³-hybridized carbons (Fsp3) is 0.600. The molecule has 18 heavy (non-hydrogen) atoms. The van der Waals surface area contributed by atoms with Crippen LogP contribution in [0.25, 0.3) is 0 Å². The third-order valence-electron chi connectivity index (χ3n) is 4.25. The van der Waals surface area contributed by atoms with Gasteiger partial charge in [0.05, 0.1) is 6.04 Å². The van der Waals surface area contributed by atoms with Gasteiger partial charge in [0, 0.05) is 5.56 Å². The summed E-state index contributed by atoms with van der Waals surface area (Å²) in [5.41, 5.74) is 1.12. The molecular formula is C15H25FN2+2. The van der Waals surface area contributed by atoms with Crippen LogP contribution in [0.4, 0.5) is 4.39 Å². The van der Waals surface area contributed by atoms with Crippen LogP contribution >= 0.6 is 0 Å². The zero-order valence-corrected chi connectivity index (χ0v) is 11.5. The van der Waals surface area contributed by atoms with E-state index in [0.29, 0.717) is 0 Å². The topological polar surface area (TPSA) is 8.88 Å². The van der Waals surface area contributed by atoms with Gasteiger partial charge in [0.2, 0.25) is 0 Å². The Bertz CT molecular complexity index is 373. The summed E-state index contributed by atoms with van der Waals surface area (Å²) >= 11 is 0. The lowest BCUT2D eigenvalue weighted by atomic mass is 10.1. The normalized spacial score (nSPS) is 25.9. The van der Waals surface area contributed by atoms with Crippen molar-refractivity contribution < 1.29 is 14.2 Å². The minimum absolute atomic E-state index is 0.115. The third-order valence-corrected chi connectivity index (χ3v) is 4.25. The van der Waals surface area contributed by atoms with E-state index in [0.717, 1.165) is 18.2 Å². The van der Waals surface area contributed by atoms with Crippen LogP contribution in [0, 0.1) is 5.82 Å². The summed E-state index contributed by atoms with van der Waals surface area (Å²) in [7, 11) is 0. The zero-order valence-electron chi connectivity index (χ0n) is 11.5. The largest absolute Gasteiger partial charge is 0.323 e. The number of benzene rings is 1. The molecule has 0 amide bonds. The van der Waals surface area contributed by atoms with Crippen LogP contribution in [-0.2, 0) is 6.54 Å². The number of hydrogen-bond acceptors (Lipinski definition) is 0. The van der Waals surface area contributed by atoms with Gasteiger partial charge in [0.1, 0.15) is 38.5 Å². The lowest BCUT2D eigenvalue weighted by Crippen LogP contribution is -3.29. The van der Waals surface area contributed by atoms with Gasteiger partial charge in [-0.05, 0) is 25.5 Å². The molecule has 1 aliphatic rings. The van der Waals surface area contributed by atoms with Crippen LogP contribution in [-0.4, -0.2) is 32.2 Å². The highest BCUT2D eigenvalue weighted by Gasteiger charge is 2.25. The standard InChI is InChI=1S/C15H23FN2/c1-3-13(2)18-9-7-17(8-10-18)12-14-5-4-6-15(16)11-14/h4-6,11,13H,3,7-10,12H2,1-2H3/p+2/t13-/m0/s1. The monoisotopic (exact) mass is 252 g/mol. The molecule has 0 unspecified atom stereocenters. The van der Waals surface area contributed by atoms with Crippen molar-refractivity contribution in [1.29, 1.82) is 0 Å². The summed E-state index contributed by atoms with van der Waals surface area (Å²) < 4.78 is 13.1. The molecule has 0 radical (unpaired) electrons. The Labute approximate surface area is 109 Å². The minimum Gasteiger partial charge on any atom is -0.323 e. The smallest absolute Gasteiger partial charge is 0.127 e. The van der Waals surface area contributed by atoms with Crippen molar-refractivity contribution in [3.05, 3.63) is 35.6 Å². The van der Waals surface area contributed by atoms with Gasteiger partial charge in [-0.3, -0.25) is 0 Å². The highest BCUT2D eigenvalue weighted by atomic mass is 19.1. The molecule has 2 rings (SSSR count). The average Bonchev–Trinajstić information content (AvgIpc) is 2.39. The van der Waals surface area contributed by atoms with E-state index >= 15 is 0 Å². The molecule has 1 fully saturated rings. The van der Waals surface area contributed by atoms with Gasteiger partial charge in [-0.15, -0.1) is 0 Å². The molecule has 2 nitrogen and oxygen atoms in total. The first-order chi connectivity index (χ1) is 8.69. The van der Waals surface area contributed by atoms with Crippen LogP contribution in [0.5, 0.6) is 0 Å². The summed E-state index contributed by atoms with van der Waals surface area (Å²) in [6, 6.07) is 7.81. The highest BCUT2D eigenvalue weighted by molar-refractivity contribution is 5.14. The van der Waals surface area contributed by atoms with Gasteiger partial charge in [0.15, 0.2) is 0 Å². The van der Waals surface area contributed by atoms with Crippen LogP contribution in [0.2, 0.25) is 0 Å². The highest BCUT2D eigenvalue weighted by Crippen LogP contribution is 2.01. The van der Waals surface area contributed by atoms with Crippen LogP contribution in [0.3, 0.4) is 0 Å². The van der Waals surface area contributed by atoms with Crippen molar-refractivity contribution in [1.82, 2.24) is 0 Å². The fourth-order valence-corrected chi connectivity index (χ4v) is 2.82. The first-order valence-electron chi connectivity index (χ1n) is 7.11. The molecule has 0 spiro atoms. The summed E-state index contributed by atoms with van der Waals surface area (Å²) in [5, 5.41) is 0. The number of halogens is 1. The van der Waals surface area contributed by atoms with Crippen molar-refractivity contribution in [3.63, 3.8) is 0 Å². The molecule has 1 heterocycles. The predicted octanol–water partition coefficient (Wildman–Crippen LogP) is -0.0924. The molecule has 1 saturated heterocycles. The molecule has 3 heteroatoms. The van der Waals surface area contributed by atoms with E-state index < -0.39 is 0 Å². The lowest BCUT2D eigenvalue weighted by Gasteiger charge is -2.33. The number of piperazine rings is 1. The van der Waals surface area contributed by atoms with Crippen molar-refractivity contribution in [2.24, 2.45) is 0 Å². The minimum atomic E-state index is -0.115. The molecule has 1 atom stereocenters. The van der Waals surface area contributed by atoms with E-state index in [9.17, 15) is 4.39 Å². The second-order valence-electron chi connectivity index (χ2n) is 5.52. The number of quaternary nitrogens is 2. The summed E-state index contributed by atoms with van der Waals surface area (Å²) in [5.74, 6) is -0.115. The maximum atomic E-state index is 13.1. The van der Waals surface area contributed by atoms with Crippen molar-refractivity contribution >= 4 is 0 Å². The van der Waals surface area contributed by atoms with Gasteiger partial charge in [0.25, 0.3) is 0 Å². The summed E-state index contributed by atoms with van der Waals surface area (Å²) in [4.78, 5) is 3.33. The van der Waals surface area contributed by atoms with Crippen molar-refractivity contribution in [3.8, 4) is 0 Å². The number of nitrogens with one attached hydrogen (secondary N) is 2. The molecule has 100 valence electrons. The van der Waals surface area contributed by atoms with E-state index in [4.69, 9.17) is 0 Å². The van der Waals surface area contributed by atoms with Gasteiger partial charge >= 0.3 is 0 Å². The van der Waals surface area contributed by atoms with Crippen molar-refractivity contribution in [2.45, 2.75) is 32.9 Å². The molecule has 1 aliphatic heterocycles. The Morgan fingerprint density at radius 3 is 2.56 bits per heavy atom. The predicted molar refractivity (Wildman–Crippen MR) is 71.3 cm³/mol. The van der Waals surface area contributed by atoms with Crippen LogP contribution in [0.1, 0.15) is 25.8 Å². The maximum absolute atomic E-state index is 13.1. The van der Waals surface area contributed by atoms with Crippen LogP contribution < -0.4 is 9.80 Å². The fourth-order valence-electron chi connectivity index (χ4n) is 2.82. The molecule has 0 bridgehead atoms. The van der Waals surface area contributed by atoms with E-state index in [1.807, 2.05) is 12.1 Å². The second kappa shape index (κ2) is 6.30. The first-order valence-corrected chi connectivity index (χ1v) is 7.11. The maximum Gasteiger partial charge on any atom is 0.127 e. The molecule has 0 aliphatic carbocycles. The molecule has 2 N–H and O–H groups in total. The third kappa shape index (κ3) is 3.53. The van der Waals surface area contributed by atoms with E-state index in [-0.39, 0.29) is 5.82 Å². The lowest BCUT2D eigenvalue weighted by molar-refractivity contribution is -1.03. The van der Waals surface area contributed by atoms with E-state index in [1.165, 1.54) is 38.7 Å². The molecule has 1 aromatic carbocycles. The quantitative estimate of drug-likeness (QED) is 0.741. The summed E-state index contributed by atoms with van der Waals surface area (Å²) in [6.07, 6.45) is 1.26. The number of rotatable bonds is 4. The Morgan fingerprint density at radius 1 is 1.22 bits per heavy atom. The van der Waals surface area contributed by atoms with Gasteiger partial charge in [-0.25, -0.2) is 4.39 Å². The van der Waals surface area contributed by atoms with Gasteiger partial charge in [-0.1, -0.05) is 19.1 Å². The first kappa shape index (κ1) is 13.5. The SMILES string of the molecule is CC[C@H](C)[NH+]1CC[NH+](Cc2cccc(F)c2)CC1. The Balaban J connectivity index is 1.83. The Kier molecular flexibility index (Phi) is 4.72. The molecule has 0 aromatic heterocycles. The van der Waals surface area contributed by atoms with E-state index in [2.05, 4.69) is 13.8 Å². The molecule has 0 saturated carbocycles. The Morgan fingerprint density at radius 2 is 1.94 bits per heavy atom. The average molecular weight is 252 g/mol. The van der Waals surface area contributed by atoms with Gasteiger partial charge < -0.3 is 9.80 Å². The Hall–Kier alpha value is -0.930.